The van der Waals surface area contributed by atoms with E-state index in [0.29, 0.717) is 18.8 Å². The van der Waals surface area contributed by atoms with Crippen LogP contribution < -0.4 is 4.74 Å². The minimum Gasteiger partial charge on any atom is -0.489 e. The fraction of sp³-hybridized carbons (Fsp3) is 0.227. The van der Waals surface area contributed by atoms with Crippen molar-refractivity contribution in [2.75, 3.05) is 0 Å². The van der Waals surface area contributed by atoms with Gasteiger partial charge in [0.25, 0.3) is 0 Å². The van der Waals surface area contributed by atoms with Gasteiger partial charge in [-0.15, -0.1) is 0 Å². The molecule has 4 heteroatoms. The molecule has 0 atom stereocenters. The number of ether oxygens (including phenoxy) is 1. The minimum absolute atomic E-state index is 0.271. The molecule has 1 heterocycles. The lowest BCUT2D eigenvalue weighted by atomic mass is 10.0. The van der Waals surface area contributed by atoms with E-state index in [1.54, 1.807) is 12.1 Å². The van der Waals surface area contributed by atoms with E-state index in [1.165, 1.54) is 12.1 Å². The molecule has 0 radical (unpaired) electrons. The van der Waals surface area contributed by atoms with Crippen molar-refractivity contribution < 1.29 is 18.3 Å². The quantitative estimate of drug-likeness (QED) is 0.534. The summed E-state index contributed by atoms with van der Waals surface area (Å²) in [4.78, 5) is 10.5. The summed E-state index contributed by atoms with van der Waals surface area (Å²) in [6.07, 6.45) is 2.21. The highest BCUT2D eigenvalue weighted by atomic mass is 19.1. The normalized spacial score (nSPS) is 10.7. The number of carbonyl (C=O) groups is 1. The average Bonchev–Trinajstić information content (AvgIpc) is 3.00. The third-order valence-electron chi connectivity index (χ3n) is 4.39. The van der Waals surface area contributed by atoms with Crippen molar-refractivity contribution >= 4 is 6.29 Å². The van der Waals surface area contributed by atoms with E-state index in [0.717, 1.165) is 46.5 Å². The second-order valence-electron chi connectivity index (χ2n) is 6.28. The van der Waals surface area contributed by atoms with Gasteiger partial charge in [-0.3, -0.25) is 0 Å². The van der Waals surface area contributed by atoms with Crippen molar-refractivity contribution in [2.45, 2.75) is 33.3 Å². The molecule has 0 spiro atoms. The summed E-state index contributed by atoms with van der Waals surface area (Å²) >= 11 is 0. The van der Waals surface area contributed by atoms with Crippen molar-refractivity contribution in [1.29, 1.82) is 0 Å². The lowest BCUT2D eigenvalue weighted by Crippen LogP contribution is -1.97. The molecule has 0 N–H and O–H groups in total. The van der Waals surface area contributed by atoms with E-state index >= 15 is 0 Å². The number of aryl methyl sites for hydroxylation is 3. The van der Waals surface area contributed by atoms with E-state index in [1.807, 2.05) is 38.1 Å². The number of halogens is 1. The third kappa shape index (κ3) is 4.20. The van der Waals surface area contributed by atoms with Gasteiger partial charge in [0, 0.05) is 17.5 Å². The zero-order chi connectivity index (χ0) is 18.5. The zero-order valence-electron chi connectivity index (χ0n) is 14.9. The molecule has 0 fully saturated rings. The second-order valence-corrected chi connectivity index (χ2v) is 6.28. The summed E-state index contributed by atoms with van der Waals surface area (Å²) in [7, 11) is 0. The van der Waals surface area contributed by atoms with Gasteiger partial charge in [-0.05, 0) is 73.9 Å². The van der Waals surface area contributed by atoms with Gasteiger partial charge in [0.15, 0.2) is 0 Å². The largest absolute Gasteiger partial charge is 0.489 e. The molecule has 3 nitrogen and oxygen atoms in total. The summed E-state index contributed by atoms with van der Waals surface area (Å²) in [6.45, 7) is 4.30. The van der Waals surface area contributed by atoms with Crippen LogP contribution in [0.1, 0.15) is 28.9 Å². The molecule has 0 aliphatic rings. The lowest BCUT2D eigenvalue weighted by molar-refractivity contribution is -0.107. The maximum absolute atomic E-state index is 13.1. The topological polar surface area (TPSA) is 39.4 Å². The molecule has 0 aliphatic carbocycles. The molecule has 0 aliphatic heterocycles. The van der Waals surface area contributed by atoms with Gasteiger partial charge in [0.1, 0.15) is 36.0 Å². The molecule has 0 saturated heterocycles. The average molecular weight is 352 g/mol. The van der Waals surface area contributed by atoms with Crippen LogP contribution in [0.3, 0.4) is 0 Å². The van der Waals surface area contributed by atoms with Crippen molar-refractivity contribution in [3.05, 3.63) is 76.8 Å². The van der Waals surface area contributed by atoms with Gasteiger partial charge < -0.3 is 13.9 Å². The Kier molecular flexibility index (Phi) is 5.52. The van der Waals surface area contributed by atoms with Gasteiger partial charge in [0.2, 0.25) is 0 Å². The van der Waals surface area contributed by atoms with Crippen LogP contribution in [0.15, 0.2) is 52.9 Å². The summed E-state index contributed by atoms with van der Waals surface area (Å²) < 4.78 is 24.7. The van der Waals surface area contributed by atoms with Crippen LogP contribution in [0.2, 0.25) is 0 Å². The zero-order valence-corrected chi connectivity index (χ0v) is 14.9. The molecule has 0 saturated carbocycles. The molecule has 2 aromatic carbocycles. The number of rotatable bonds is 7. The maximum Gasteiger partial charge on any atom is 0.134 e. The Morgan fingerprint density at radius 2 is 1.81 bits per heavy atom. The summed E-state index contributed by atoms with van der Waals surface area (Å²) in [5.41, 5.74) is 4.05. The number of benzene rings is 2. The summed E-state index contributed by atoms with van der Waals surface area (Å²) in [6, 6.07) is 14.0. The van der Waals surface area contributed by atoms with E-state index in [9.17, 15) is 9.18 Å². The highest BCUT2D eigenvalue weighted by Gasteiger charge is 2.10. The predicted molar refractivity (Wildman–Crippen MR) is 98.7 cm³/mol. The first-order chi connectivity index (χ1) is 12.6. The Bertz CT molecular complexity index is 894. The molecule has 0 amide bonds. The third-order valence-corrected chi connectivity index (χ3v) is 4.39. The number of carbonyl (C=O) groups excluding carboxylic acids is 1. The van der Waals surface area contributed by atoms with Gasteiger partial charge in [-0.2, -0.15) is 0 Å². The molecule has 0 unspecified atom stereocenters. The molecule has 3 aromatic rings. The lowest BCUT2D eigenvalue weighted by Gasteiger charge is -2.09. The Morgan fingerprint density at radius 1 is 1.04 bits per heavy atom. The molecular formula is C22H21FO3. The molecule has 26 heavy (non-hydrogen) atoms. The highest BCUT2D eigenvalue weighted by Crippen LogP contribution is 2.27. The van der Waals surface area contributed by atoms with E-state index < -0.39 is 0 Å². The van der Waals surface area contributed by atoms with Crippen LogP contribution >= 0.6 is 0 Å². The van der Waals surface area contributed by atoms with E-state index in [4.69, 9.17) is 9.15 Å². The monoisotopic (exact) mass is 352 g/mol. The molecule has 3 rings (SSSR count). The highest BCUT2D eigenvalue weighted by molar-refractivity contribution is 5.58. The molecule has 1 aromatic heterocycles. The van der Waals surface area contributed by atoms with Crippen LogP contribution in [0.4, 0.5) is 4.39 Å². The standard InChI is InChI=1S/C22H21FO3/c1-15-12-21(10-7-17(15)4-3-11-24)25-14-19-13-22(26-16(19)2)18-5-8-20(23)9-6-18/h5-13H,3-4,14H2,1-2H3. The van der Waals surface area contributed by atoms with E-state index in [-0.39, 0.29) is 5.82 Å². The van der Waals surface area contributed by atoms with Crippen molar-refractivity contribution in [2.24, 2.45) is 0 Å². The first kappa shape index (κ1) is 17.9. The van der Waals surface area contributed by atoms with Crippen LogP contribution in [0, 0.1) is 19.7 Å². The Balaban J connectivity index is 1.69. The number of aldehydes is 1. The molecule has 0 bridgehead atoms. The molecule has 134 valence electrons. The first-order valence-electron chi connectivity index (χ1n) is 8.58. The Labute approximate surface area is 152 Å². The fourth-order valence-corrected chi connectivity index (χ4v) is 2.83. The number of hydrogen-bond acceptors (Lipinski definition) is 3. The first-order valence-corrected chi connectivity index (χ1v) is 8.58. The van der Waals surface area contributed by atoms with E-state index in [2.05, 4.69) is 0 Å². The Hall–Kier alpha value is -2.88. The number of hydrogen-bond donors (Lipinski definition) is 0. The summed E-state index contributed by atoms with van der Waals surface area (Å²) in [5.74, 6) is 1.99. The Morgan fingerprint density at radius 3 is 2.50 bits per heavy atom. The van der Waals surface area contributed by atoms with Crippen LogP contribution in [0.25, 0.3) is 11.3 Å². The van der Waals surface area contributed by atoms with Crippen LogP contribution in [0.5, 0.6) is 5.75 Å². The SMILES string of the molecule is Cc1cc(OCc2cc(-c3ccc(F)cc3)oc2C)ccc1CCC=O. The van der Waals surface area contributed by atoms with Gasteiger partial charge >= 0.3 is 0 Å². The maximum atomic E-state index is 13.1. The minimum atomic E-state index is -0.271. The fourth-order valence-electron chi connectivity index (χ4n) is 2.83. The predicted octanol–water partition coefficient (Wildman–Crippen LogP) is 5.41. The van der Waals surface area contributed by atoms with Gasteiger partial charge in [-0.1, -0.05) is 6.07 Å². The number of furan rings is 1. The van der Waals surface area contributed by atoms with Gasteiger partial charge in [0.05, 0.1) is 0 Å². The van der Waals surface area contributed by atoms with Crippen LogP contribution in [-0.2, 0) is 17.8 Å². The second kappa shape index (κ2) is 8.00. The van der Waals surface area contributed by atoms with Crippen LogP contribution in [-0.4, -0.2) is 6.29 Å². The summed E-state index contributed by atoms with van der Waals surface area (Å²) in [5, 5.41) is 0. The van der Waals surface area contributed by atoms with Crippen molar-refractivity contribution in [1.82, 2.24) is 0 Å². The van der Waals surface area contributed by atoms with Crippen molar-refractivity contribution in [3.63, 3.8) is 0 Å². The molecular weight excluding hydrogens is 331 g/mol. The van der Waals surface area contributed by atoms with Crippen molar-refractivity contribution in [3.8, 4) is 17.1 Å². The smallest absolute Gasteiger partial charge is 0.134 e. The van der Waals surface area contributed by atoms with Gasteiger partial charge in [-0.25, -0.2) is 4.39 Å².